The van der Waals surface area contributed by atoms with Gasteiger partial charge in [-0.3, -0.25) is 9.79 Å². The van der Waals surface area contributed by atoms with E-state index in [1.165, 1.54) is 25.0 Å². The number of hydrogen-bond donors (Lipinski definition) is 3. The van der Waals surface area contributed by atoms with Crippen LogP contribution in [-0.2, 0) is 11.2 Å². The molecule has 1 aliphatic rings. The molecule has 0 aliphatic heterocycles. The highest BCUT2D eigenvalue weighted by molar-refractivity contribution is 5.82. The first kappa shape index (κ1) is 19.2. The fourth-order valence-electron chi connectivity index (χ4n) is 3.19. The molecule has 1 unspecified atom stereocenters. The van der Waals surface area contributed by atoms with Gasteiger partial charge >= 0.3 is 0 Å². The van der Waals surface area contributed by atoms with Crippen molar-refractivity contribution in [2.75, 3.05) is 13.6 Å². The zero-order chi connectivity index (χ0) is 18.2. The lowest BCUT2D eigenvalue weighted by atomic mass is 9.87. The summed E-state index contributed by atoms with van der Waals surface area (Å²) in [5, 5.41) is 6.63. The molecule has 1 saturated carbocycles. The summed E-state index contributed by atoms with van der Waals surface area (Å²) in [5.74, 6) is 0.450. The van der Waals surface area contributed by atoms with Crippen molar-refractivity contribution >= 4 is 11.9 Å². The van der Waals surface area contributed by atoms with Crippen molar-refractivity contribution in [1.29, 1.82) is 0 Å². The molecule has 1 aromatic carbocycles. The van der Waals surface area contributed by atoms with Gasteiger partial charge in [0.25, 0.3) is 0 Å². The number of carbonyl (C=O) groups excluding carboxylic acids is 1. The first-order valence-corrected chi connectivity index (χ1v) is 8.99. The highest BCUT2D eigenvalue weighted by Gasteiger charge is 2.20. The number of guanidine groups is 1. The molecule has 2 rings (SSSR count). The van der Waals surface area contributed by atoms with Crippen molar-refractivity contribution in [2.45, 2.75) is 45.1 Å². The summed E-state index contributed by atoms with van der Waals surface area (Å²) >= 11 is 0. The van der Waals surface area contributed by atoms with Gasteiger partial charge in [-0.2, -0.15) is 0 Å². The third kappa shape index (κ3) is 6.36. The Morgan fingerprint density at radius 3 is 2.48 bits per heavy atom. The number of rotatable bonds is 6. The molecule has 0 radical (unpaired) electrons. The van der Waals surface area contributed by atoms with Crippen molar-refractivity contribution < 1.29 is 9.18 Å². The van der Waals surface area contributed by atoms with Crippen LogP contribution in [0.2, 0.25) is 0 Å². The standard InChI is InChI=1S/C19H29FN4O/c1-13-3-9-17(10-4-13)24-19(22-2)23-12-15(18(21)25)11-14-5-7-16(20)8-6-14/h5-8,13,15,17H,3-4,9-12H2,1-2H3,(H2,21,25)(H2,22,23,24). The van der Waals surface area contributed by atoms with Crippen LogP contribution in [0.15, 0.2) is 29.3 Å². The second-order valence-corrected chi connectivity index (χ2v) is 6.98. The maximum absolute atomic E-state index is 13.0. The molecular formula is C19H29FN4O. The summed E-state index contributed by atoms with van der Waals surface area (Å²) in [5.41, 5.74) is 6.41. The monoisotopic (exact) mass is 348 g/mol. The van der Waals surface area contributed by atoms with Gasteiger partial charge in [0.05, 0.1) is 5.92 Å². The number of primary amides is 1. The third-order valence-corrected chi connectivity index (χ3v) is 4.89. The summed E-state index contributed by atoms with van der Waals surface area (Å²) in [7, 11) is 1.72. The predicted molar refractivity (Wildman–Crippen MR) is 98.7 cm³/mol. The maximum atomic E-state index is 13.0. The van der Waals surface area contributed by atoms with Crippen LogP contribution in [0, 0.1) is 17.7 Å². The average molecular weight is 348 g/mol. The highest BCUT2D eigenvalue weighted by Crippen LogP contribution is 2.23. The Bertz CT molecular complexity index is 580. The molecule has 0 bridgehead atoms. The van der Waals surface area contributed by atoms with E-state index in [1.54, 1.807) is 19.2 Å². The van der Waals surface area contributed by atoms with E-state index in [-0.39, 0.29) is 17.6 Å². The Kier molecular flexibility index (Phi) is 7.22. The molecule has 0 heterocycles. The first-order valence-electron chi connectivity index (χ1n) is 8.99. The van der Waals surface area contributed by atoms with E-state index in [0.717, 1.165) is 24.3 Å². The van der Waals surface area contributed by atoms with Crippen LogP contribution in [0.4, 0.5) is 4.39 Å². The minimum Gasteiger partial charge on any atom is -0.369 e. The minimum atomic E-state index is -0.379. The fraction of sp³-hybridized carbons (Fsp3) is 0.579. The van der Waals surface area contributed by atoms with Crippen molar-refractivity contribution in [2.24, 2.45) is 22.6 Å². The third-order valence-electron chi connectivity index (χ3n) is 4.89. The van der Waals surface area contributed by atoms with E-state index in [4.69, 9.17) is 5.73 Å². The molecule has 1 atom stereocenters. The summed E-state index contributed by atoms with van der Waals surface area (Å²) < 4.78 is 13.0. The van der Waals surface area contributed by atoms with E-state index < -0.39 is 0 Å². The highest BCUT2D eigenvalue weighted by atomic mass is 19.1. The van der Waals surface area contributed by atoms with E-state index in [2.05, 4.69) is 22.5 Å². The SMILES string of the molecule is CN=C(NCC(Cc1ccc(F)cc1)C(N)=O)NC1CCC(C)CC1. The fourth-order valence-corrected chi connectivity index (χ4v) is 3.19. The van der Waals surface area contributed by atoms with Gasteiger partial charge in [0, 0.05) is 19.6 Å². The van der Waals surface area contributed by atoms with Crippen LogP contribution in [-0.4, -0.2) is 31.5 Å². The molecule has 6 heteroatoms. The van der Waals surface area contributed by atoms with E-state index in [9.17, 15) is 9.18 Å². The normalized spacial score (nSPS) is 22.3. The van der Waals surface area contributed by atoms with E-state index in [1.807, 2.05) is 0 Å². The van der Waals surface area contributed by atoms with Crippen LogP contribution < -0.4 is 16.4 Å². The van der Waals surface area contributed by atoms with Crippen LogP contribution in [0.25, 0.3) is 0 Å². The maximum Gasteiger partial charge on any atom is 0.222 e. The van der Waals surface area contributed by atoms with Crippen molar-refractivity contribution in [1.82, 2.24) is 10.6 Å². The van der Waals surface area contributed by atoms with Gasteiger partial charge in [-0.25, -0.2) is 4.39 Å². The number of nitrogens with two attached hydrogens (primary N) is 1. The predicted octanol–water partition coefficient (Wildman–Crippen LogP) is 2.21. The summed E-state index contributed by atoms with van der Waals surface area (Å²) in [4.78, 5) is 16.0. The quantitative estimate of drug-likeness (QED) is 0.545. The Hall–Kier alpha value is -2.11. The lowest BCUT2D eigenvalue weighted by Gasteiger charge is -2.28. The molecule has 4 N–H and O–H groups in total. The molecule has 1 aromatic rings. The number of benzene rings is 1. The minimum absolute atomic E-state index is 0.288. The van der Waals surface area contributed by atoms with Crippen molar-refractivity contribution in [3.63, 3.8) is 0 Å². The number of carbonyl (C=O) groups is 1. The summed E-state index contributed by atoms with van der Waals surface area (Å²) in [6.07, 6.45) is 5.19. The first-order chi connectivity index (χ1) is 12.0. The molecule has 5 nitrogen and oxygen atoms in total. The van der Waals surface area contributed by atoms with E-state index >= 15 is 0 Å². The second kappa shape index (κ2) is 9.39. The topological polar surface area (TPSA) is 79.5 Å². The Morgan fingerprint density at radius 2 is 1.92 bits per heavy atom. The molecule has 0 aromatic heterocycles. The Morgan fingerprint density at radius 1 is 1.28 bits per heavy atom. The van der Waals surface area contributed by atoms with E-state index in [0.29, 0.717) is 25.0 Å². The zero-order valence-electron chi connectivity index (χ0n) is 15.1. The lowest BCUT2D eigenvalue weighted by Crippen LogP contribution is -2.47. The molecule has 138 valence electrons. The number of nitrogens with zero attached hydrogens (tertiary/aromatic N) is 1. The molecule has 1 fully saturated rings. The van der Waals surface area contributed by atoms with Gasteiger partial charge in [-0.15, -0.1) is 0 Å². The molecular weight excluding hydrogens is 319 g/mol. The summed E-state index contributed by atoms with van der Waals surface area (Å²) in [6, 6.07) is 6.58. The lowest BCUT2D eigenvalue weighted by molar-refractivity contribution is -0.121. The number of hydrogen-bond acceptors (Lipinski definition) is 2. The van der Waals surface area contributed by atoms with Crippen LogP contribution >= 0.6 is 0 Å². The molecule has 25 heavy (non-hydrogen) atoms. The number of nitrogens with one attached hydrogen (secondary N) is 2. The van der Waals surface area contributed by atoms with Gasteiger partial charge in [-0.05, 0) is 55.7 Å². The van der Waals surface area contributed by atoms with Crippen LogP contribution in [0.1, 0.15) is 38.2 Å². The summed E-state index contributed by atoms with van der Waals surface area (Å²) in [6.45, 7) is 2.69. The van der Waals surface area contributed by atoms with Gasteiger partial charge in [0.2, 0.25) is 5.91 Å². The van der Waals surface area contributed by atoms with Gasteiger partial charge < -0.3 is 16.4 Å². The van der Waals surface area contributed by atoms with Gasteiger partial charge in [0.15, 0.2) is 5.96 Å². The number of amides is 1. The smallest absolute Gasteiger partial charge is 0.222 e. The Labute approximate surface area is 149 Å². The second-order valence-electron chi connectivity index (χ2n) is 6.98. The zero-order valence-corrected chi connectivity index (χ0v) is 15.1. The van der Waals surface area contributed by atoms with Crippen molar-refractivity contribution in [3.05, 3.63) is 35.6 Å². The average Bonchev–Trinajstić information content (AvgIpc) is 2.60. The van der Waals surface area contributed by atoms with Gasteiger partial charge in [0.1, 0.15) is 5.82 Å². The molecule has 0 saturated heterocycles. The molecule has 1 aliphatic carbocycles. The molecule has 1 amide bonds. The van der Waals surface area contributed by atoms with Crippen LogP contribution in [0.5, 0.6) is 0 Å². The largest absolute Gasteiger partial charge is 0.369 e. The van der Waals surface area contributed by atoms with Gasteiger partial charge in [-0.1, -0.05) is 19.1 Å². The van der Waals surface area contributed by atoms with Crippen LogP contribution in [0.3, 0.4) is 0 Å². The number of aliphatic imine (C=N–C) groups is 1. The number of halogens is 1. The molecule has 0 spiro atoms. The van der Waals surface area contributed by atoms with Crippen molar-refractivity contribution in [3.8, 4) is 0 Å². The Balaban J connectivity index is 1.86.